The van der Waals surface area contributed by atoms with Crippen molar-refractivity contribution >= 4 is 7.12 Å². The quantitative estimate of drug-likeness (QED) is 0.0866. The summed E-state index contributed by atoms with van der Waals surface area (Å²) in [4.78, 5) is 0. The molecule has 0 heterocycles. The Hall–Kier alpha value is -2.65. The largest absolute Gasteiger partial charge is 0.893 e. The summed E-state index contributed by atoms with van der Waals surface area (Å²) in [7, 11) is -1.95. The molecule has 0 aromatic heterocycles. The van der Waals surface area contributed by atoms with Crippen molar-refractivity contribution in [3.05, 3.63) is 107 Å². The van der Waals surface area contributed by atoms with E-state index in [4.69, 9.17) is 0 Å². The molecule has 48 heavy (non-hydrogen) atoms. The summed E-state index contributed by atoms with van der Waals surface area (Å²) >= 11 is 0. The van der Waals surface area contributed by atoms with Crippen molar-refractivity contribution in [3.63, 3.8) is 0 Å². The predicted molar refractivity (Wildman–Crippen MR) is 194 cm³/mol. The molecule has 3 rings (SSSR count). The molecule has 8 heteroatoms. The summed E-state index contributed by atoms with van der Waals surface area (Å²) in [6.45, 7) is 8.53. The van der Waals surface area contributed by atoms with E-state index in [1.54, 1.807) is 18.2 Å². The normalized spacial score (nSPS) is 11.9. The minimum atomic E-state index is -1.95. The van der Waals surface area contributed by atoms with E-state index in [0.717, 1.165) is 64.2 Å². The van der Waals surface area contributed by atoms with Crippen LogP contribution in [0.1, 0.15) is 141 Å². The van der Waals surface area contributed by atoms with Crippen molar-refractivity contribution in [1.82, 2.24) is 12.3 Å². The second kappa shape index (κ2) is 20.8. The maximum Gasteiger partial charge on any atom is 0.123 e. The van der Waals surface area contributed by atoms with Gasteiger partial charge in [0.1, 0.15) is 17.5 Å². The molecule has 4 nitrogen and oxygen atoms in total. The maximum atomic E-state index is 14.9. The van der Waals surface area contributed by atoms with E-state index in [9.17, 15) is 23.2 Å². The minimum Gasteiger partial charge on any atom is -0.893 e. The van der Waals surface area contributed by atoms with Gasteiger partial charge < -0.3 is 22.3 Å². The van der Waals surface area contributed by atoms with Crippen LogP contribution in [-0.4, -0.2) is 7.12 Å². The van der Waals surface area contributed by atoms with Gasteiger partial charge in [0, 0.05) is 5.41 Å². The van der Waals surface area contributed by atoms with E-state index < -0.39 is 40.7 Å². The summed E-state index contributed by atoms with van der Waals surface area (Å²) in [6.07, 6.45) is 11.9. The molecule has 3 aromatic carbocycles. The summed E-state index contributed by atoms with van der Waals surface area (Å²) in [5.74, 6) is -1.27. The summed E-state index contributed by atoms with van der Waals surface area (Å²) < 4.78 is 44.8. The lowest BCUT2D eigenvalue weighted by atomic mass is 9.39. The van der Waals surface area contributed by atoms with Crippen molar-refractivity contribution in [2.75, 3.05) is 0 Å². The van der Waals surface area contributed by atoms with E-state index in [-0.39, 0.29) is 12.3 Å². The Kier molecular flexibility index (Phi) is 18.8. The number of quaternary nitrogens is 2. The number of hydrogen-bond acceptors (Lipinski definition) is 2. The van der Waals surface area contributed by atoms with E-state index in [0.29, 0.717) is 48.8 Å². The molecule has 0 aliphatic carbocycles. The highest BCUT2D eigenvalue weighted by Gasteiger charge is 2.47. The number of hydrogen-bond donors (Lipinski definition) is 2. The molecule has 8 N–H and O–H groups in total. The van der Waals surface area contributed by atoms with Crippen LogP contribution < -0.4 is 22.3 Å². The van der Waals surface area contributed by atoms with Crippen LogP contribution in [0.15, 0.2) is 72.8 Å². The molecule has 0 amide bonds. The summed E-state index contributed by atoms with van der Waals surface area (Å²) in [5, 5.41) is 26.3. The third kappa shape index (κ3) is 9.96. The fourth-order valence-corrected chi connectivity index (χ4v) is 8.16. The number of halogens is 3. The number of rotatable bonds is 21. The van der Waals surface area contributed by atoms with E-state index in [1.165, 1.54) is 36.4 Å². The molecule has 3 aromatic rings. The third-order valence-corrected chi connectivity index (χ3v) is 10.6. The van der Waals surface area contributed by atoms with Gasteiger partial charge in [0.25, 0.3) is 0 Å². The van der Waals surface area contributed by atoms with Crippen molar-refractivity contribution in [3.8, 4) is 0 Å². The van der Waals surface area contributed by atoms with Crippen LogP contribution in [0, 0.1) is 22.9 Å². The topological polar surface area (TPSA) is 119 Å². The minimum absolute atomic E-state index is 0. The zero-order chi connectivity index (χ0) is 33.6. The van der Waals surface area contributed by atoms with Gasteiger partial charge in [-0.15, -0.1) is 7.12 Å². The van der Waals surface area contributed by atoms with Gasteiger partial charge in [0.15, 0.2) is 0 Å². The van der Waals surface area contributed by atoms with Gasteiger partial charge in [-0.25, -0.2) is 13.2 Å². The zero-order valence-corrected chi connectivity index (χ0v) is 30.6. The van der Waals surface area contributed by atoms with Gasteiger partial charge in [0.2, 0.25) is 0 Å². The molecule has 0 aliphatic heterocycles. The first-order chi connectivity index (χ1) is 22.1. The molecule has 0 radical (unpaired) electrons. The van der Waals surface area contributed by atoms with Gasteiger partial charge in [-0.05, 0) is 84.2 Å². The van der Waals surface area contributed by atoms with Gasteiger partial charge >= 0.3 is 0 Å². The van der Waals surface area contributed by atoms with Crippen LogP contribution in [0.25, 0.3) is 0 Å². The van der Waals surface area contributed by atoms with E-state index >= 15 is 0 Å². The molecule has 0 spiro atoms. The van der Waals surface area contributed by atoms with Gasteiger partial charge in [-0.1, -0.05) is 140 Å². The molecule has 0 unspecified atom stereocenters. The first-order valence-corrected chi connectivity index (χ1v) is 17.7. The fourth-order valence-electron chi connectivity index (χ4n) is 8.16. The van der Waals surface area contributed by atoms with Gasteiger partial charge in [0.05, 0.1) is 0 Å². The zero-order valence-electron chi connectivity index (χ0n) is 30.6. The first-order valence-electron chi connectivity index (χ1n) is 17.7. The molecule has 268 valence electrons. The highest BCUT2D eigenvalue weighted by Crippen LogP contribution is 2.62. The lowest BCUT2D eigenvalue weighted by Gasteiger charge is -2.63. The molecule has 0 saturated carbocycles. The van der Waals surface area contributed by atoms with Crippen LogP contribution in [0.3, 0.4) is 0 Å². The first kappa shape index (κ1) is 43.4. The van der Waals surface area contributed by atoms with Crippen LogP contribution in [0.2, 0.25) is 5.31 Å². The fraction of sp³-hybridized carbons (Fsp3) is 0.550. The second-order valence-corrected chi connectivity index (χ2v) is 13.5. The number of unbranched alkanes of at least 4 members (excludes halogenated alkanes) is 4. The Morgan fingerprint density at radius 1 is 0.500 bits per heavy atom. The van der Waals surface area contributed by atoms with E-state index in [1.807, 2.05) is 18.2 Å². The molecule has 0 saturated heterocycles. The predicted octanol–water partition coefficient (Wildman–Crippen LogP) is 11.1. The SMILES string of the molecule is CCCCC(CCCC)(CCCC(c1cccc(F)c1)(c1cccc(F)c1)c1cccc(F)c1)C(CCCC)(CCCC)B([O-])[O-].[NH4+].[NH4+]. The highest BCUT2D eigenvalue weighted by atomic mass is 19.1. The Morgan fingerprint density at radius 2 is 0.833 bits per heavy atom. The van der Waals surface area contributed by atoms with Crippen LogP contribution >= 0.6 is 0 Å². The van der Waals surface area contributed by atoms with Crippen molar-refractivity contribution < 1.29 is 23.2 Å². The molecule has 0 fully saturated rings. The third-order valence-electron chi connectivity index (χ3n) is 10.6. The Morgan fingerprint density at radius 3 is 1.15 bits per heavy atom. The van der Waals surface area contributed by atoms with Gasteiger partial charge in [-0.3, -0.25) is 0 Å². The average Bonchev–Trinajstić information content (AvgIpc) is 3.04. The Labute approximate surface area is 289 Å². The number of benzene rings is 3. The average molecular weight is 671 g/mol. The standard InChI is InChI=1S/C40H54BF3O2.2H3N/c1-5-9-23-38(24-10-6-2,39(41(45)46,26-11-7-3)27-12-8-4)25-16-28-40(32-17-13-20-35(42)29-32,33-18-14-21-36(43)30-33)34-19-15-22-37(44)31-34;;/h13-15,17-22,29-31H,5-12,16,23-28H2,1-4H3;2*1H3/q-2;;/p+2. The highest BCUT2D eigenvalue weighted by molar-refractivity contribution is 6.42. The molecular weight excluding hydrogens is 608 g/mol. The smallest absolute Gasteiger partial charge is 0.123 e. The van der Waals surface area contributed by atoms with Gasteiger partial charge in [-0.2, -0.15) is 0 Å². The van der Waals surface area contributed by atoms with E-state index in [2.05, 4.69) is 27.7 Å². The Bertz CT molecular complexity index is 1210. The monoisotopic (exact) mass is 670 g/mol. The maximum absolute atomic E-state index is 14.9. The Balaban J connectivity index is 0.00000576. The summed E-state index contributed by atoms with van der Waals surface area (Å²) in [5.41, 5.74) is 0.326. The van der Waals surface area contributed by atoms with Crippen molar-refractivity contribution in [2.24, 2.45) is 5.41 Å². The van der Waals surface area contributed by atoms with Crippen LogP contribution in [0.5, 0.6) is 0 Å². The lowest BCUT2D eigenvalue weighted by Crippen LogP contribution is -2.61. The molecule has 0 atom stereocenters. The second-order valence-electron chi connectivity index (χ2n) is 13.5. The van der Waals surface area contributed by atoms with Crippen LogP contribution in [-0.2, 0) is 5.41 Å². The summed E-state index contributed by atoms with van der Waals surface area (Å²) in [6, 6.07) is 19.0. The molecular formula is C40H62BF3N2O2. The lowest BCUT2D eigenvalue weighted by molar-refractivity contribution is -0.363. The van der Waals surface area contributed by atoms with Crippen molar-refractivity contribution in [2.45, 2.75) is 135 Å². The van der Waals surface area contributed by atoms with Crippen molar-refractivity contribution in [1.29, 1.82) is 0 Å². The molecule has 0 bridgehead atoms. The van der Waals surface area contributed by atoms with Crippen LogP contribution in [0.4, 0.5) is 13.2 Å². The molecule has 0 aliphatic rings.